The Kier molecular flexibility index (Phi) is 7.23. The van der Waals surface area contributed by atoms with E-state index < -0.39 is 16.0 Å². The Balaban J connectivity index is 1.68. The summed E-state index contributed by atoms with van der Waals surface area (Å²) in [5.74, 6) is -0.0219. The normalized spacial score (nSPS) is 18.8. The van der Waals surface area contributed by atoms with Crippen molar-refractivity contribution in [2.75, 3.05) is 31.2 Å². The molecule has 0 aliphatic carbocycles. The zero-order chi connectivity index (χ0) is 24.3. The van der Waals surface area contributed by atoms with Crippen molar-refractivity contribution in [3.05, 3.63) is 53.9 Å². The number of nitrogens with zero attached hydrogens (tertiary/aromatic N) is 2. The highest BCUT2D eigenvalue weighted by Gasteiger charge is 2.35. The van der Waals surface area contributed by atoms with Gasteiger partial charge in [-0.05, 0) is 74.4 Å². The maximum Gasteiger partial charge on any atom is 0.341 e. The van der Waals surface area contributed by atoms with Gasteiger partial charge in [0.25, 0.3) is 10.0 Å². The van der Waals surface area contributed by atoms with Crippen LogP contribution in [0, 0.1) is 5.92 Å². The number of aryl methyl sites for hydroxylation is 1. The molecule has 0 saturated carbocycles. The molecule has 0 radical (unpaired) electrons. The number of pyridine rings is 1. The summed E-state index contributed by atoms with van der Waals surface area (Å²) < 4.78 is 45.2. The summed E-state index contributed by atoms with van der Waals surface area (Å²) in [4.78, 5) is 16.8. The molecule has 1 saturated heterocycles. The summed E-state index contributed by atoms with van der Waals surface area (Å²) in [5.41, 5.74) is 2.23. The van der Waals surface area contributed by atoms with E-state index >= 15 is 0 Å². The van der Waals surface area contributed by atoms with Gasteiger partial charge in [0.15, 0.2) is 0 Å². The van der Waals surface area contributed by atoms with Crippen molar-refractivity contribution < 1.29 is 27.4 Å². The highest BCUT2D eigenvalue weighted by molar-refractivity contribution is 7.92. The lowest BCUT2D eigenvalue weighted by molar-refractivity contribution is 0.0483. The minimum atomic E-state index is -3.97. The molecule has 9 heteroatoms. The van der Waals surface area contributed by atoms with Gasteiger partial charge in [-0.25, -0.2) is 13.2 Å². The molecule has 0 N–H and O–H groups in total. The number of methoxy groups -OCH3 is 1. The van der Waals surface area contributed by atoms with Gasteiger partial charge in [0.1, 0.15) is 11.3 Å². The number of sulfonamides is 1. The van der Waals surface area contributed by atoms with Gasteiger partial charge in [0, 0.05) is 19.3 Å². The van der Waals surface area contributed by atoms with Gasteiger partial charge in [-0.1, -0.05) is 6.58 Å². The van der Waals surface area contributed by atoms with E-state index in [0.29, 0.717) is 49.3 Å². The summed E-state index contributed by atoms with van der Waals surface area (Å²) in [6.07, 6.45) is 6.40. The summed E-state index contributed by atoms with van der Waals surface area (Å²) in [7, 11) is -2.71. The van der Waals surface area contributed by atoms with Crippen molar-refractivity contribution in [1.82, 2.24) is 4.98 Å². The molecular weight excluding hydrogens is 456 g/mol. The minimum Gasteiger partial charge on any atom is -0.492 e. The quantitative estimate of drug-likeness (QED) is 0.549. The largest absolute Gasteiger partial charge is 0.492 e. The molecule has 0 bridgehead atoms. The summed E-state index contributed by atoms with van der Waals surface area (Å²) >= 11 is 0. The first kappa shape index (κ1) is 24.2. The Bertz CT molecular complexity index is 1170. The molecule has 34 heavy (non-hydrogen) atoms. The van der Waals surface area contributed by atoms with E-state index in [1.807, 2.05) is 13.0 Å². The summed E-state index contributed by atoms with van der Waals surface area (Å²) in [5, 5.41) is 0. The number of carbonyl (C=O) groups is 1. The Morgan fingerprint density at radius 1 is 1.26 bits per heavy atom. The van der Waals surface area contributed by atoms with E-state index in [9.17, 15) is 13.2 Å². The van der Waals surface area contributed by atoms with Gasteiger partial charge in [0.05, 0.1) is 36.2 Å². The van der Waals surface area contributed by atoms with E-state index in [-0.39, 0.29) is 16.5 Å². The number of carbonyl (C=O) groups excluding carboxylic acids is 1. The molecule has 2 aliphatic rings. The van der Waals surface area contributed by atoms with E-state index in [0.717, 1.165) is 24.8 Å². The highest BCUT2D eigenvalue weighted by Crippen LogP contribution is 2.36. The summed E-state index contributed by atoms with van der Waals surface area (Å²) in [6, 6.07) is 5.96. The van der Waals surface area contributed by atoms with Crippen LogP contribution in [-0.4, -0.2) is 52.3 Å². The van der Waals surface area contributed by atoms with E-state index in [4.69, 9.17) is 14.2 Å². The minimum absolute atomic E-state index is 0.00110. The van der Waals surface area contributed by atoms with E-state index in [1.54, 1.807) is 12.3 Å². The Hall–Kier alpha value is -2.91. The molecule has 1 fully saturated rings. The number of rotatable bonds is 7. The lowest BCUT2D eigenvalue weighted by Crippen LogP contribution is -2.42. The number of hydrogen-bond acceptors (Lipinski definition) is 7. The van der Waals surface area contributed by atoms with Gasteiger partial charge >= 0.3 is 5.97 Å². The first-order chi connectivity index (χ1) is 16.3. The molecule has 1 aromatic heterocycles. The van der Waals surface area contributed by atoms with Crippen molar-refractivity contribution >= 4 is 27.8 Å². The third-order valence-electron chi connectivity index (χ3n) is 6.39. The van der Waals surface area contributed by atoms with Gasteiger partial charge in [-0.15, -0.1) is 0 Å². The van der Waals surface area contributed by atoms with Gasteiger partial charge in [-0.2, -0.15) is 0 Å². The lowest BCUT2D eigenvalue weighted by Gasteiger charge is -2.35. The Morgan fingerprint density at radius 2 is 2.03 bits per heavy atom. The first-order valence-electron chi connectivity index (χ1n) is 11.4. The van der Waals surface area contributed by atoms with Crippen LogP contribution >= 0.6 is 0 Å². The lowest BCUT2D eigenvalue weighted by atomic mass is 10.00. The molecule has 4 rings (SSSR count). The Morgan fingerprint density at radius 3 is 2.74 bits per heavy atom. The van der Waals surface area contributed by atoms with Crippen LogP contribution in [-0.2, 0) is 25.9 Å². The third kappa shape index (κ3) is 4.81. The molecule has 2 aliphatic heterocycles. The topological polar surface area (TPSA) is 95.0 Å². The van der Waals surface area contributed by atoms with E-state index in [1.165, 1.54) is 29.6 Å². The first-order valence-corrected chi connectivity index (χ1v) is 12.9. The number of fused-ring (bicyclic) bond motifs is 1. The molecule has 2 aromatic rings. The van der Waals surface area contributed by atoms with Crippen molar-refractivity contribution in [2.24, 2.45) is 5.92 Å². The monoisotopic (exact) mass is 486 g/mol. The van der Waals surface area contributed by atoms with Crippen molar-refractivity contribution in [1.29, 1.82) is 0 Å². The smallest absolute Gasteiger partial charge is 0.341 e. The van der Waals surface area contributed by atoms with Crippen LogP contribution in [0.4, 0.5) is 5.69 Å². The molecular formula is C25H30N2O6S. The fourth-order valence-corrected chi connectivity index (χ4v) is 6.14. The van der Waals surface area contributed by atoms with Crippen LogP contribution < -0.4 is 9.04 Å². The van der Waals surface area contributed by atoms with Crippen molar-refractivity contribution in [3.8, 4) is 5.75 Å². The zero-order valence-electron chi connectivity index (χ0n) is 19.5. The molecule has 8 nitrogen and oxygen atoms in total. The fourth-order valence-electron chi connectivity index (χ4n) is 4.40. The molecule has 1 aromatic carbocycles. The average Bonchev–Trinajstić information content (AvgIpc) is 2.86. The molecule has 3 heterocycles. The van der Waals surface area contributed by atoms with Crippen molar-refractivity contribution in [2.45, 2.75) is 43.5 Å². The predicted octanol–water partition coefficient (Wildman–Crippen LogP) is 3.85. The molecule has 1 atom stereocenters. The molecule has 0 amide bonds. The standard InChI is InChI=1S/C25H30N2O6S/c1-4-20-13-19-6-5-17(2)27(23(19)15-26-20)34(29,30)21-7-8-24(22(14-21)25(28)31-3)33-16-18-9-11-32-12-10-18/h4,7-8,13-15,17-18H,1,5-6,9-12,16H2,2-3H3/t17-/m0/s1. The maximum absolute atomic E-state index is 13.8. The molecule has 0 unspecified atom stereocenters. The van der Waals surface area contributed by atoms with Crippen LogP contribution in [0.1, 0.15) is 47.8 Å². The van der Waals surface area contributed by atoms with E-state index in [2.05, 4.69) is 11.6 Å². The van der Waals surface area contributed by atoms with Crippen LogP contribution in [0.25, 0.3) is 6.08 Å². The third-order valence-corrected chi connectivity index (χ3v) is 8.32. The average molecular weight is 487 g/mol. The number of aromatic nitrogens is 1. The maximum atomic E-state index is 13.8. The highest BCUT2D eigenvalue weighted by atomic mass is 32.2. The second-order valence-electron chi connectivity index (χ2n) is 8.65. The second-order valence-corrected chi connectivity index (χ2v) is 10.5. The fraction of sp³-hybridized carbons (Fsp3) is 0.440. The number of hydrogen-bond donors (Lipinski definition) is 0. The van der Waals surface area contributed by atoms with Crippen molar-refractivity contribution in [3.63, 3.8) is 0 Å². The van der Waals surface area contributed by atoms with Gasteiger partial charge in [-0.3, -0.25) is 9.29 Å². The zero-order valence-corrected chi connectivity index (χ0v) is 20.3. The van der Waals surface area contributed by atoms with Crippen LogP contribution in [0.3, 0.4) is 0 Å². The predicted molar refractivity (Wildman–Crippen MR) is 129 cm³/mol. The Labute approximate surface area is 200 Å². The number of esters is 1. The number of ether oxygens (including phenoxy) is 3. The van der Waals surface area contributed by atoms with Crippen LogP contribution in [0.15, 0.2) is 41.9 Å². The second kappa shape index (κ2) is 10.1. The number of anilines is 1. The van der Waals surface area contributed by atoms with Gasteiger partial charge < -0.3 is 14.2 Å². The van der Waals surface area contributed by atoms with Crippen LogP contribution in [0.5, 0.6) is 5.75 Å². The number of benzene rings is 1. The molecule has 182 valence electrons. The van der Waals surface area contributed by atoms with Crippen LogP contribution in [0.2, 0.25) is 0 Å². The molecule has 0 spiro atoms. The SMILES string of the molecule is C=Cc1cc2c(cn1)N(S(=O)(=O)c1ccc(OCC3CCOCC3)c(C(=O)OC)c1)[C@@H](C)CC2. The summed E-state index contributed by atoms with van der Waals surface area (Å²) in [6.45, 7) is 7.41. The van der Waals surface area contributed by atoms with Gasteiger partial charge in [0.2, 0.25) is 0 Å².